The molecule has 0 aliphatic heterocycles. The zero-order valence-electron chi connectivity index (χ0n) is 12.0. The molecule has 1 aliphatic rings. The second-order valence-electron chi connectivity index (χ2n) is 5.91. The Morgan fingerprint density at radius 1 is 1.20 bits per heavy atom. The normalized spacial score (nSPS) is 27.2. The molecule has 0 aromatic heterocycles. The molecule has 0 spiro atoms. The molecule has 5 nitrogen and oxygen atoms in total. The monoisotopic (exact) mass is 297 g/mol. The lowest BCUT2D eigenvalue weighted by atomic mass is 9.79. The minimum absolute atomic E-state index is 0.0729. The summed E-state index contributed by atoms with van der Waals surface area (Å²) in [5.41, 5.74) is 6.59. The molecule has 3 atom stereocenters. The number of rotatable bonds is 3. The van der Waals surface area contributed by atoms with Crippen LogP contribution in [0.3, 0.4) is 0 Å². The Hall–Kier alpha value is -1.27. The van der Waals surface area contributed by atoms with E-state index in [0.29, 0.717) is 17.3 Å². The highest BCUT2D eigenvalue weighted by Gasteiger charge is 2.25. The third-order valence-corrected chi connectivity index (χ3v) is 5.22. The summed E-state index contributed by atoms with van der Waals surface area (Å²) in [7, 11) is -3.77. The maximum absolute atomic E-state index is 11.6. The van der Waals surface area contributed by atoms with Crippen molar-refractivity contribution < 1.29 is 8.42 Å². The van der Waals surface area contributed by atoms with Gasteiger partial charge in [-0.05, 0) is 49.3 Å². The highest BCUT2D eigenvalue weighted by Crippen LogP contribution is 2.32. The van der Waals surface area contributed by atoms with Crippen LogP contribution in [-0.2, 0) is 10.0 Å². The Labute approximate surface area is 120 Å². The van der Waals surface area contributed by atoms with Gasteiger partial charge in [-0.3, -0.25) is 0 Å². The van der Waals surface area contributed by atoms with E-state index in [2.05, 4.69) is 19.2 Å². The van der Waals surface area contributed by atoms with E-state index in [1.54, 1.807) is 12.1 Å². The van der Waals surface area contributed by atoms with Crippen LogP contribution >= 0.6 is 0 Å². The molecule has 6 heteroatoms. The maximum Gasteiger partial charge on any atom is 0.240 e. The quantitative estimate of drug-likeness (QED) is 0.744. The second-order valence-corrected chi connectivity index (χ2v) is 7.44. The van der Waals surface area contributed by atoms with Gasteiger partial charge in [0.1, 0.15) is 4.90 Å². The minimum atomic E-state index is -3.77. The number of benzene rings is 1. The lowest BCUT2D eigenvalue weighted by molar-refractivity contribution is 0.260. The van der Waals surface area contributed by atoms with Crippen molar-refractivity contribution in [3.05, 3.63) is 18.2 Å². The highest BCUT2D eigenvalue weighted by molar-refractivity contribution is 7.89. The standard InChI is InChI=1S/C14H23N3O2S/c1-9-3-5-12(7-10(9)2)17-13-6-4-11(15)8-14(13)20(16,18)19/h4,6,8-10,12,17H,3,5,7,15H2,1-2H3,(H2,16,18,19). The molecule has 20 heavy (non-hydrogen) atoms. The number of hydrogen-bond donors (Lipinski definition) is 3. The number of nitrogens with one attached hydrogen (secondary N) is 1. The van der Waals surface area contributed by atoms with E-state index in [1.807, 2.05) is 0 Å². The summed E-state index contributed by atoms with van der Waals surface area (Å²) < 4.78 is 23.3. The first-order chi connectivity index (χ1) is 9.27. The van der Waals surface area contributed by atoms with Crippen molar-refractivity contribution in [2.24, 2.45) is 17.0 Å². The van der Waals surface area contributed by atoms with E-state index >= 15 is 0 Å². The average molecular weight is 297 g/mol. The first kappa shape index (κ1) is 15.1. The summed E-state index contributed by atoms with van der Waals surface area (Å²) in [6.45, 7) is 4.50. The van der Waals surface area contributed by atoms with E-state index < -0.39 is 10.0 Å². The van der Waals surface area contributed by atoms with Gasteiger partial charge in [0.2, 0.25) is 10.0 Å². The SMILES string of the molecule is CC1CCC(Nc2ccc(N)cc2S(N)(=O)=O)CC1C. The van der Waals surface area contributed by atoms with Gasteiger partial charge < -0.3 is 11.1 Å². The van der Waals surface area contributed by atoms with Gasteiger partial charge in [-0.15, -0.1) is 0 Å². The molecule has 112 valence electrons. The van der Waals surface area contributed by atoms with Gasteiger partial charge in [0.05, 0.1) is 5.69 Å². The molecule has 0 radical (unpaired) electrons. The summed E-state index contributed by atoms with van der Waals surface area (Å²) in [5, 5.41) is 8.58. The summed E-state index contributed by atoms with van der Waals surface area (Å²) in [6, 6.07) is 5.07. The van der Waals surface area contributed by atoms with Gasteiger partial charge in [0.25, 0.3) is 0 Å². The van der Waals surface area contributed by atoms with E-state index in [-0.39, 0.29) is 10.9 Å². The Bertz CT molecular complexity index is 586. The van der Waals surface area contributed by atoms with Crippen molar-refractivity contribution in [1.29, 1.82) is 0 Å². The van der Waals surface area contributed by atoms with Gasteiger partial charge in [-0.2, -0.15) is 0 Å². The largest absolute Gasteiger partial charge is 0.399 e. The average Bonchev–Trinajstić information content (AvgIpc) is 2.35. The number of nitrogens with two attached hydrogens (primary N) is 2. The van der Waals surface area contributed by atoms with Crippen LogP contribution in [0.4, 0.5) is 11.4 Å². The van der Waals surface area contributed by atoms with Crippen molar-refractivity contribution >= 4 is 21.4 Å². The van der Waals surface area contributed by atoms with Gasteiger partial charge in [-0.25, -0.2) is 13.6 Å². The van der Waals surface area contributed by atoms with Gasteiger partial charge >= 0.3 is 0 Å². The number of anilines is 2. The number of primary sulfonamides is 1. The fourth-order valence-electron chi connectivity index (χ4n) is 2.79. The molecular weight excluding hydrogens is 274 g/mol. The summed E-state index contributed by atoms with van der Waals surface area (Å²) in [5.74, 6) is 1.35. The fourth-order valence-corrected chi connectivity index (χ4v) is 3.53. The molecule has 1 saturated carbocycles. The van der Waals surface area contributed by atoms with E-state index in [4.69, 9.17) is 10.9 Å². The first-order valence-corrected chi connectivity index (χ1v) is 8.51. The Morgan fingerprint density at radius 3 is 2.50 bits per heavy atom. The van der Waals surface area contributed by atoms with E-state index in [1.165, 1.54) is 6.07 Å². The highest BCUT2D eigenvalue weighted by atomic mass is 32.2. The summed E-state index contributed by atoms with van der Waals surface area (Å²) in [6.07, 6.45) is 3.23. The van der Waals surface area contributed by atoms with E-state index in [0.717, 1.165) is 25.2 Å². The predicted octanol–water partition coefficient (Wildman–Crippen LogP) is 2.15. The lowest BCUT2D eigenvalue weighted by Gasteiger charge is -2.33. The van der Waals surface area contributed by atoms with Crippen molar-refractivity contribution in [3.8, 4) is 0 Å². The van der Waals surface area contributed by atoms with E-state index in [9.17, 15) is 8.42 Å². The van der Waals surface area contributed by atoms with Crippen LogP contribution in [0.5, 0.6) is 0 Å². The van der Waals surface area contributed by atoms with Gasteiger partial charge in [0, 0.05) is 11.7 Å². The van der Waals surface area contributed by atoms with Crippen LogP contribution in [0.1, 0.15) is 33.1 Å². The Morgan fingerprint density at radius 2 is 1.90 bits per heavy atom. The lowest BCUT2D eigenvalue weighted by Crippen LogP contribution is -2.31. The molecule has 0 saturated heterocycles. The number of sulfonamides is 1. The zero-order valence-corrected chi connectivity index (χ0v) is 12.8. The zero-order chi connectivity index (χ0) is 14.9. The number of hydrogen-bond acceptors (Lipinski definition) is 4. The molecular formula is C14H23N3O2S. The molecule has 1 aliphatic carbocycles. The van der Waals surface area contributed by atoms with Crippen molar-refractivity contribution in [1.82, 2.24) is 0 Å². The fraction of sp³-hybridized carbons (Fsp3) is 0.571. The second kappa shape index (κ2) is 5.61. The molecule has 1 aromatic rings. The molecule has 2 rings (SSSR count). The molecule has 1 fully saturated rings. The Kier molecular flexibility index (Phi) is 4.25. The van der Waals surface area contributed by atoms with Crippen molar-refractivity contribution in [2.45, 2.75) is 44.0 Å². The maximum atomic E-state index is 11.6. The smallest absolute Gasteiger partial charge is 0.240 e. The Balaban J connectivity index is 2.22. The minimum Gasteiger partial charge on any atom is -0.399 e. The van der Waals surface area contributed by atoms with Crippen LogP contribution in [0.2, 0.25) is 0 Å². The first-order valence-electron chi connectivity index (χ1n) is 6.96. The molecule has 3 unspecified atom stereocenters. The summed E-state index contributed by atoms with van der Waals surface area (Å²) in [4.78, 5) is 0.0729. The molecule has 0 heterocycles. The molecule has 0 amide bonds. The topological polar surface area (TPSA) is 98.2 Å². The van der Waals surface area contributed by atoms with Crippen LogP contribution in [-0.4, -0.2) is 14.5 Å². The van der Waals surface area contributed by atoms with Crippen LogP contribution in [0.15, 0.2) is 23.1 Å². The number of nitrogen functional groups attached to an aromatic ring is 1. The van der Waals surface area contributed by atoms with Crippen LogP contribution < -0.4 is 16.2 Å². The van der Waals surface area contributed by atoms with Crippen molar-refractivity contribution in [2.75, 3.05) is 11.1 Å². The molecule has 0 bridgehead atoms. The molecule has 1 aromatic carbocycles. The van der Waals surface area contributed by atoms with Crippen molar-refractivity contribution in [3.63, 3.8) is 0 Å². The third-order valence-electron chi connectivity index (χ3n) is 4.27. The van der Waals surface area contributed by atoms with Gasteiger partial charge in [0.15, 0.2) is 0 Å². The van der Waals surface area contributed by atoms with Crippen LogP contribution in [0.25, 0.3) is 0 Å². The summed E-state index contributed by atoms with van der Waals surface area (Å²) >= 11 is 0. The molecule has 5 N–H and O–H groups in total. The van der Waals surface area contributed by atoms with Gasteiger partial charge in [-0.1, -0.05) is 13.8 Å². The third kappa shape index (κ3) is 3.43. The predicted molar refractivity (Wildman–Crippen MR) is 81.8 cm³/mol. The van der Waals surface area contributed by atoms with Crippen LogP contribution in [0, 0.1) is 11.8 Å².